The molecule has 3 N–H and O–H groups in total. The summed E-state index contributed by atoms with van der Waals surface area (Å²) in [5.74, 6) is 0. The topological polar surface area (TPSA) is 38.0 Å². The molecule has 0 fully saturated rings. The second-order valence-corrected chi connectivity index (χ2v) is 3.84. The minimum atomic E-state index is 0.628. The van der Waals surface area contributed by atoms with Crippen molar-refractivity contribution in [1.82, 2.24) is 5.32 Å². The van der Waals surface area contributed by atoms with E-state index < -0.39 is 0 Å². The summed E-state index contributed by atoms with van der Waals surface area (Å²) in [6, 6.07) is 0.628. The number of nitrogens with one attached hydrogen (secondary N) is 1. The van der Waals surface area contributed by atoms with Crippen molar-refractivity contribution in [1.29, 1.82) is 0 Å². The molecule has 0 bridgehead atoms. The third-order valence-electron chi connectivity index (χ3n) is 3.01. The van der Waals surface area contributed by atoms with Crippen molar-refractivity contribution < 1.29 is 0 Å². The summed E-state index contributed by atoms with van der Waals surface area (Å²) < 4.78 is 0. The third-order valence-corrected chi connectivity index (χ3v) is 3.01. The molecule has 0 amide bonds. The van der Waals surface area contributed by atoms with Crippen LogP contribution in [0.5, 0.6) is 0 Å². The zero-order valence-electron chi connectivity index (χ0n) is 8.05. The van der Waals surface area contributed by atoms with E-state index in [1.54, 1.807) is 11.1 Å². The Labute approximate surface area is 79.9 Å². The SMILES string of the molecule is NCCNC1CCC2=C1CC=CC2. The van der Waals surface area contributed by atoms with Gasteiger partial charge < -0.3 is 11.1 Å². The van der Waals surface area contributed by atoms with Gasteiger partial charge in [0.25, 0.3) is 0 Å². The molecule has 1 atom stereocenters. The minimum Gasteiger partial charge on any atom is -0.329 e. The fourth-order valence-electron chi connectivity index (χ4n) is 2.34. The van der Waals surface area contributed by atoms with Gasteiger partial charge in [-0.15, -0.1) is 0 Å². The van der Waals surface area contributed by atoms with Gasteiger partial charge >= 0.3 is 0 Å². The number of nitrogens with two attached hydrogens (primary N) is 1. The maximum absolute atomic E-state index is 5.48. The summed E-state index contributed by atoms with van der Waals surface area (Å²) in [5, 5.41) is 3.51. The molecule has 2 heteroatoms. The lowest BCUT2D eigenvalue weighted by Crippen LogP contribution is -2.33. The largest absolute Gasteiger partial charge is 0.329 e. The minimum absolute atomic E-state index is 0.628. The van der Waals surface area contributed by atoms with Gasteiger partial charge in [-0.05, 0) is 25.7 Å². The van der Waals surface area contributed by atoms with Crippen molar-refractivity contribution in [3.63, 3.8) is 0 Å². The molecule has 0 aromatic rings. The van der Waals surface area contributed by atoms with Crippen LogP contribution in [0.2, 0.25) is 0 Å². The van der Waals surface area contributed by atoms with E-state index in [4.69, 9.17) is 5.73 Å². The summed E-state index contributed by atoms with van der Waals surface area (Å²) in [4.78, 5) is 0. The Morgan fingerprint density at radius 2 is 2.23 bits per heavy atom. The van der Waals surface area contributed by atoms with Gasteiger partial charge in [0.15, 0.2) is 0 Å². The molecular formula is C11H18N2. The van der Waals surface area contributed by atoms with Gasteiger partial charge in [0.2, 0.25) is 0 Å². The van der Waals surface area contributed by atoms with E-state index >= 15 is 0 Å². The zero-order valence-corrected chi connectivity index (χ0v) is 8.05. The van der Waals surface area contributed by atoms with Gasteiger partial charge in [0.1, 0.15) is 0 Å². The summed E-state index contributed by atoms with van der Waals surface area (Å²) >= 11 is 0. The maximum Gasteiger partial charge on any atom is 0.0288 e. The smallest absolute Gasteiger partial charge is 0.0288 e. The Morgan fingerprint density at radius 3 is 3.08 bits per heavy atom. The van der Waals surface area contributed by atoms with Crippen LogP contribution in [-0.2, 0) is 0 Å². The number of hydrogen-bond acceptors (Lipinski definition) is 2. The lowest BCUT2D eigenvalue weighted by molar-refractivity contribution is 0.565. The highest BCUT2D eigenvalue weighted by Gasteiger charge is 2.24. The Balaban J connectivity index is 1.96. The third kappa shape index (κ3) is 1.84. The van der Waals surface area contributed by atoms with Gasteiger partial charge in [0, 0.05) is 19.1 Å². The molecule has 0 radical (unpaired) electrons. The lowest BCUT2D eigenvalue weighted by Gasteiger charge is -2.17. The molecule has 1 unspecified atom stereocenters. The van der Waals surface area contributed by atoms with Gasteiger partial charge in [-0.2, -0.15) is 0 Å². The van der Waals surface area contributed by atoms with Gasteiger partial charge in [0.05, 0.1) is 0 Å². The lowest BCUT2D eigenvalue weighted by atomic mass is 9.98. The standard InChI is InChI=1S/C11H18N2/c12-7-8-13-11-6-5-9-3-1-2-4-10(9)11/h1-2,11,13H,3-8,12H2. The van der Waals surface area contributed by atoms with Crippen molar-refractivity contribution in [3.05, 3.63) is 23.3 Å². The van der Waals surface area contributed by atoms with E-state index in [-0.39, 0.29) is 0 Å². The van der Waals surface area contributed by atoms with Crippen molar-refractivity contribution in [2.24, 2.45) is 5.73 Å². The first-order valence-corrected chi connectivity index (χ1v) is 5.21. The monoisotopic (exact) mass is 178 g/mol. The summed E-state index contributed by atoms with van der Waals surface area (Å²) in [6.07, 6.45) is 9.52. The second-order valence-electron chi connectivity index (χ2n) is 3.84. The van der Waals surface area contributed by atoms with Crippen LogP contribution in [0.4, 0.5) is 0 Å². The van der Waals surface area contributed by atoms with Gasteiger partial charge in [-0.1, -0.05) is 23.3 Å². The number of rotatable bonds is 3. The van der Waals surface area contributed by atoms with E-state index in [0.717, 1.165) is 19.5 Å². The van der Waals surface area contributed by atoms with Crippen LogP contribution in [0.25, 0.3) is 0 Å². The normalized spacial score (nSPS) is 26.7. The van der Waals surface area contributed by atoms with Crippen molar-refractivity contribution in [3.8, 4) is 0 Å². The molecule has 2 nitrogen and oxygen atoms in total. The average Bonchev–Trinajstić information content (AvgIpc) is 2.58. The van der Waals surface area contributed by atoms with Crippen molar-refractivity contribution in [2.75, 3.05) is 13.1 Å². The summed E-state index contributed by atoms with van der Waals surface area (Å²) in [5.41, 5.74) is 8.81. The highest BCUT2D eigenvalue weighted by atomic mass is 14.9. The van der Waals surface area contributed by atoms with Gasteiger partial charge in [-0.25, -0.2) is 0 Å². The van der Waals surface area contributed by atoms with Crippen LogP contribution in [0, 0.1) is 0 Å². The molecule has 0 heterocycles. The van der Waals surface area contributed by atoms with E-state index in [9.17, 15) is 0 Å². The summed E-state index contributed by atoms with van der Waals surface area (Å²) in [7, 11) is 0. The average molecular weight is 178 g/mol. The number of hydrogen-bond donors (Lipinski definition) is 2. The predicted molar refractivity (Wildman–Crippen MR) is 55.5 cm³/mol. The zero-order chi connectivity index (χ0) is 9.10. The van der Waals surface area contributed by atoms with Crippen LogP contribution in [0.3, 0.4) is 0 Å². The highest BCUT2D eigenvalue weighted by molar-refractivity contribution is 5.32. The first kappa shape index (κ1) is 8.97. The Bertz CT molecular complexity index is 240. The molecule has 72 valence electrons. The molecule has 0 saturated carbocycles. The van der Waals surface area contributed by atoms with Crippen LogP contribution in [-0.4, -0.2) is 19.1 Å². The van der Waals surface area contributed by atoms with Crippen LogP contribution in [0.15, 0.2) is 23.3 Å². The Hall–Kier alpha value is -0.600. The van der Waals surface area contributed by atoms with Crippen molar-refractivity contribution >= 4 is 0 Å². The molecule has 13 heavy (non-hydrogen) atoms. The molecule has 2 rings (SSSR count). The molecule has 2 aliphatic carbocycles. The quantitative estimate of drug-likeness (QED) is 0.640. The molecule has 0 saturated heterocycles. The van der Waals surface area contributed by atoms with E-state index in [1.165, 1.54) is 19.3 Å². The first-order valence-electron chi connectivity index (χ1n) is 5.21. The second kappa shape index (κ2) is 4.07. The first-order chi connectivity index (χ1) is 6.42. The van der Waals surface area contributed by atoms with E-state index in [2.05, 4.69) is 17.5 Å². The van der Waals surface area contributed by atoms with Crippen LogP contribution >= 0.6 is 0 Å². The Morgan fingerprint density at radius 1 is 1.38 bits per heavy atom. The van der Waals surface area contributed by atoms with Crippen LogP contribution in [0.1, 0.15) is 25.7 Å². The van der Waals surface area contributed by atoms with Gasteiger partial charge in [-0.3, -0.25) is 0 Å². The fraction of sp³-hybridized carbons (Fsp3) is 0.636. The summed E-state index contributed by atoms with van der Waals surface area (Å²) in [6.45, 7) is 1.69. The van der Waals surface area contributed by atoms with E-state index in [1.807, 2.05) is 0 Å². The van der Waals surface area contributed by atoms with E-state index in [0.29, 0.717) is 6.04 Å². The molecule has 2 aliphatic rings. The molecular weight excluding hydrogens is 160 g/mol. The number of allylic oxidation sites excluding steroid dienone is 3. The highest BCUT2D eigenvalue weighted by Crippen LogP contribution is 2.34. The molecule has 0 spiro atoms. The van der Waals surface area contributed by atoms with Crippen LogP contribution < -0.4 is 11.1 Å². The molecule has 0 aromatic carbocycles. The maximum atomic E-state index is 5.48. The Kier molecular flexibility index (Phi) is 2.81. The molecule has 0 aromatic heterocycles. The van der Waals surface area contributed by atoms with Crippen molar-refractivity contribution in [2.45, 2.75) is 31.7 Å². The predicted octanol–water partition coefficient (Wildman–Crippen LogP) is 1.34. The fourth-order valence-corrected chi connectivity index (χ4v) is 2.34. The molecule has 0 aliphatic heterocycles.